The standard InChI is InChI=1S/C20H17F2N5/c1-3-27-18-7-5-14(23-2)11-17(18)25-19(27)12-26-9-8-24-20(26)15-10-13(21)4-6-16(15)22/h4-11H,2-3,12H2,1H3. The molecule has 2 heterocycles. The number of hydrogen-bond donors (Lipinski definition) is 0. The molecule has 0 aliphatic rings. The number of nitrogens with zero attached hydrogens (tertiary/aromatic N) is 5. The average molecular weight is 365 g/mol. The number of rotatable bonds is 5. The highest BCUT2D eigenvalue weighted by Gasteiger charge is 2.16. The minimum absolute atomic E-state index is 0.123. The van der Waals surface area contributed by atoms with Gasteiger partial charge in [0.15, 0.2) is 0 Å². The molecular weight excluding hydrogens is 348 g/mol. The number of aryl methyl sites for hydroxylation is 1. The summed E-state index contributed by atoms with van der Waals surface area (Å²) in [4.78, 5) is 12.9. The van der Waals surface area contributed by atoms with Gasteiger partial charge < -0.3 is 9.13 Å². The number of aliphatic imine (C=N–C) groups is 1. The molecule has 0 amide bonds. The minimum atomic E-state index is -0.519. The Labute approximate surface area is 154 Å². The summed E-state index contributed by atoms with van der Waals surface area (Å²) in [7, 11) is 0. The molecule has 0 aliphatic carbocycles. The van der Waals surface area contributed by atoms with Crippen molar-refractivity contribution in [1.82, 2.24) is 19.1 Å². The van der Waals surface area contributed by atoms with Gasteiger partial charge in [0.25, 0.3) is 0 Å². The van der Waals surface area contributed by atoms with Crippen molar-refractivity contribution in [2.24, 2.45) is 4.99 Å². The van der Waals surface area contributed by atoms with E-state index in [0.717, 1.165) is 47.3 Å². The van der Waals surface area contributed by atoms with E-state index in [1.54, 1.807) is 17.0 Å². The molecule has 7 heteroatoms. The van der Waals surface area contributed by atoms with E-state index in [0.29, 0.717) is 12.4 Å². The molecule has 4 aromatic rings. The summed E-state index contributed by atoms with van der Waals surface area (Å²) >= 11 is 0. The van der Waals surface area contributed by atoms with Crippen LogP contribution in [0.3, 0.4) is 0 Å². The van der Waals surface area contributed by atoms with Crippen molar-refractivity contribution >= 4 is 23.4 Å². The van der Waals surface area contributed by atoms with Crippen molar-refractivity contribution in [2.75, 3.05) is 0 Å². The van der Waals surface area contributed by atoms with E-state index < -0.39 is 11.6 Å². The highest BCUT2D eigenvalue weighted by atomic mass is 19.1. The van der Waals surface area contributed by atoms with Crippen LogP contribution in [0.25, 0.3) is 22.4 Å². The quantitative estimate of drug-likeness (QED) is 0.486. The van der Waals surface area contributed by atoms with Crippen LogP contribution in [0.15, 0.2) is 53.8 Å². The monoisotopic (exact) mass is 365 g/mol. The molecule has 2 aromatic heterocycles. The molecule has 0 N–H and O–H groups in total. The first-order valence-corrected chi connectivity index (χ1v) is 8.53. The van der Waals surface area contributed by atoms with Crippen molar-refractivity contribution in [3.8, 4) is 11.4 Å². The Hall–Kier alpha value is -3.35. The van der Waals surface area contributed by atoms with E-state index in [4.69, 9.17) is 4.98 Å². The van der Waals surface area contributed by atoms with E-state index in [1.165, 1.54) is 0 Å². The Morgan fingerprint density at radius 2 is 2.00 bits per heavy atom. The van der Waals surface area contributed by atoms with E-state index in [-0.39, 0.29) is 5.56 Å². The third-order valence-electron chi connectivity index (χ3n) is 4.51. The Balaban J connectivity index is 1.79. The Bertz CT molecular complexity index is 1140. The fourth-order valence-corrected chi connectivity index (χ4v) is 3.24. The van der Waals surface area contributed by atoms with Crippen LogP contribution in [0.4, 0.5) is 14.5 Å². The molecule has 0 fully saturated rings. The summed E-state index contributed by atoms with van der Waals surface area (Å²) in [5.41, 5.74) is 2.67. The molecule has 27 heavy (non-hydrogen) atoms. The van der Waals surface area contributed by atoms with Gasteiger partial charge in [-0.3, -0.25) is 4.99 Å². The van der Waals surface area contributed by atoms with E-state index in [9.17, 15) is 8.78 Å². The van der Waals surface area contributed by atoms with Gasteiger partial charge in [0.1, 0.15) is 23.3 Å². The molecular formula is C20H17F2N5. The number of hydrogen-bond acceptors (Lipinski definition) is 3. The molecule has 2 aromatic carbocycles. The van der Waals surface area contributed by atoms with Crippen LogP contribution >= 0.6 is 0 Å². The molecule has 0 saturated carbocycles. The lowest BCUT2D eigenvalue weighted by molar-refractivity contribution is 0.599. The Morgan fingerprint density at radius 1 is 1.15 bits per heavy atom. The molecule has 0 radical (unpaired) electrons. The zero-order valence-corrected chi connectivity index (χ0v) is 14.7. The summed E-state index contributed by atoms with van der Waals surface area (Å²) in [5.74, 6) is 0.126. The van der Waals surface area contributed by atoms with Gasteiger partial charge in [0.05, 0.1) is 28.8 Å². The molecule has 0 saturated heterocycles. The van der Waals surface area contributed by atoms with Crippen LogP contribution in [-0.2, 0) is 13.1 Å². The van der Waals surface area contributed by atoms with Gasteiger partial charge in [0.2, 0.25) is 0 Å². The fourth-order valence-electron chi connectivity index (χ4n) is 3.24. The number of halogens is 2. The van der Waals surface area contributed by atoms with Crippen LogP contribution in [0.2, 0.25) is 0 Å². The second-order valence-corrected chi connectivity index (χ2v) is 6.11. The summed E-state index contributed by atoms with van der Waals surface area (Å²) in [6, 6.07) is 9.07. The lowest BCUT2D eigenvalue weighted by Gasteiger charge is -2.10. The lowest BCUT2D eigenvalue weighted by Crippen LogP contribution is -2.09. The van der Waals surface area contributed by atoms with E-state index in [2.05, 4.69) is 21.3 Å². The molecule has 136 valence electrons. The van der Waals surface area contributed by atoms with Crippen LogP contribution < -0.4 is 0 Å². The maximum atomic E-state index is 14.2. The third kappa shape index (κ3) is 3.01. The van der Waals surface area contributed by atoms with Crippen LogP contribution in [-0.4, -0.2) is 25.8 Å². The largest absolute Gasteiger partial charge is 0.327 e. The smallest absolute Gasteiger partial charge is 0.143 e. The maximum Gasteiger partial charge on any atom is 0.143 e. The molecule has 4 rings (SSSR count). The first-order chi connectivity index (χ1) is 13.1. The molecule has 0 atom stereocenters. The number of imidazole rings is 2. The van der Waals surface area contributed by atoms with Gasteiger partial charge in [0, 0.05) is 18.9 Å². The van der Waals surface area contributed by atoms with Gasteiger partial charge >= 0.3 is 0 Å². The van der Waals surface area contributed by atoms with Crippen molar-refractivity contribution in [2.45, 2.75) is 20.0 Å². The second kappa shape index (κ2) is 6.75. The predicted molar refractivity (Wildman–Crippen MR) is 101 cm³/mol. The maximum absolute atomic E-state index is 14.2. The van der Waals surface area contributed by atoms with E-state index >= 15 is 0 Å². The van der Waals surface area contributed by atoms with Crippen molar-refractivity contribution < 1.29 is 8.78 Å². The summed E-state index contributed by atoms with van der Waals surface area (Å²) in [6.07, 6.45) is 3.30. The van der Waals surface area contributed by atoms with Crippen LogP contribution in [0.5, 0.6) is 0 Å². The number of benzene rings is 2. The highest BCUT2D eigenvalue weighted by molar-refractivity contribution is 5.80. The van der Waals surface area contributed by atoms with Gasteiger partial charge in [-0.25, -0.2) is 18.7 Å². The first kappa shape index (κ1) is 17.1. The summed E-state index contributed by atoms with van der Waals surface area (Å²) < 4.78 is 31.6. The van der Waals surface area contributed by atoms with Gasteiger partial charge in [-0.05, 0) is 50.0 Å². The summed E-state index contributed by atoms with van der Waals surface area (Å²) in [6.45, 7) is 6.69. The fraction of sp³-hybridized carbons (Fsp3) is 0.150. The normalized spacial score (nSPS) is 11.2. The third-order valence-corrected chi connectivity index (χ3v) is 4.51. The molecule has 0 bridgehead atoms. The first-order valence-electron chi connectivity index (χ1n) is 8.53. The zero-order chi connectivity index (χ0) is 19.0. The molecule has 0 unspecified atom stereocenters. The van der Waals surface area contributed by atoms with Crippen molar-refractivity contribution in [3.05, 3.63) is 66.3 Å². The second-order valence-electron chi connectivity index (χ2n) is 6.11. The van der Waals surface area contributed by atoms with Gasteiger partial charge in [-0.15, -0.1) is 0 Å². The Kier molecular flexibility index (Phi) is 4.27. The van der Waals surface area contributed by atoms with E-state index in [1.807, 2.05) is 25.1 Å². The predicted octanol–water partition coefficient (Wildman–Crippen LogP) is 4.58. The average Bonchev–Trinajstić information content (AvgIpc) is 3.27. The van der Waals surface area contributed by atoms with Gasteiger partial charge in [-0.1, -0.05) is 0 Å². The highest BCUT2D eigenvalue weighted by Crippen LogP contribution is 2.25. The molecule has 0 aliphatic heterocycles. The van der Waals surface area contributed by atoms with Gasteiger partial charge in [-0.2, -0.15) is 0 Å². The number of fused-ring (bicyclic) bond motifs is 1. The topological polar surface area (TPSA) is 48.0 Å². The van der Waals surface area contributed by atoms with Crippen LogP contribution in [0, 0.1) is 11.6 Å². The molecule has 0 spiro atoms. The molecule has 5 nitrogen and oxygen atoms in total. The minimum Gasteiger partial charge on any atom is -0.327 e. The SMILES string of the molecule is C=Nc1ccc2c(c1)nc(Cn1ccnc1-c1cc(F)ccc1F)n2CC. The lowest BCUT2D eigenvalue weighted by atomic mass is 10.2. The summed E-state index contributed by atoms with van der Waals surface area (Å²) in [5, 5.41) is 0. The zero-order valence-electron chi connectivity index (χ0n) is 14.7. The number of aromatic nitrogens is 4. The Morgan fingerprint density at radius 3 is 2.78 bits per heavy atom. The van der Waals surface area contributed by atoms with Crippen molar-refractivity contribution in [3.63, 3.8) is 0 Å². The van der Waals surface area contributed by atoms with Crippen molar-refractivity contribution in [1.29, 1.82) is 0 Å². The van der Waals surface area contributed by atoms with Crippen LogP contribution in [0.1, 0.15) is 12.7 Å².